The number of nitrogens with zero attached hydrogens (tertiary/aromatic N) is 3. The molecule has 1 aromatic carbocycles. The Balaban J connectivity index is 1.48. The van der Waals surface area contributed by atoms with E-state index in [2.05, 4.69) is 22.6 Å². The summed E-state index contributed by atoms with van der Waals surface area (Å²) in [6.45, 7) is 0. The Morgan fingerprint density at radius 3 is 2.67 bits per heavy atom. The lowest BCUT2D eigenvalue weighted by atomic mass is 9.93. The van der Waals surface area contributed by atoms with Gasteiger partial charge in [-0.25, -0.2) is 4.68 Å². The Morgan fingerprint density at radius 2 is 2.08 bits per heavy atom. The van der Waals surface area contributed by atoms with Crippen LogP contribution in [0.25, 0.3) is 5.69 Å². The molecule has 3 N–H and O–H groups in total. The lowest BCUT2D eigenvalue weighted by Crippen LogP contribution is -2.25. The molecular formula is C18H17N5O. The number of rotatable bonds is 3. The van der Waals surface area contributed by atoms with Gasteiger partial charge in [0.05, 0.1) is 11.9 Å². The maximum Gasteiger partial charge on any atom is 0.228 e. The van der Waals surface area contributed by atoms with Crippen molar-refractivity contribution in [1.82, 2.24) is 9.78 Å². The first-order valence-corrected chi connectivity index (χ1v) is 7.99. The summed E-state index contributed by atoms with van der Waals surface area (Å²) in [4.78, 5) is 12.4. The van der Waals surface area contributed by atoms with Crippen molar-refractivity contribution in [1.29, 1.82) is 5.26 Å². The van der Waals surface area contributed by atoms with Gasteiger partial charge in [-0.15, -0.1) is 0 Å². The first-order valence-electron chi connectivity index (χ1n) is 7.99. The summed E-state index contributed by atoms with van der Waals surface area (Å²) < 4.78 is 1.50. The largest absolute Gasteiger partial charge is 0.382 e. The van der Waals surface area contributed by atoms with Gasteiger partial charge in [0.2, 0.25) is 5.91 Å². The third kappa shape index (κ3) is 2.35. The molecule has 0 radical (unpaired) electrons. The van der Waals surface area contributed by atoms with E-state index in [-0.39, 0.29) is 11.8 Å². The van der Waals surface area contributed by atoms with Crippen LogP contribution in [0.15, 0.2) is 42.6 Å². The fourth-order valence-corrected chi connectivity index (χ4v) is 3.65. The van der Waals surface area contributed by atoms with E-state index in [4.69, 9.17) is 11.0 Å². The van der Waals surface area contributed by atoms with Crippen LogP contribution in [0.1, 0.15) is 18.4 Å². The topological polar surface area (TPSA) is 96.7 Å². The molecule has 1 saturated carbocycles. The van der Waals surface area contributed by atoms with Crippen molar-refractivity contribution in [2.75, 3.05) is 11.1 Å². The molecule has 1 fully saturated rings. The molecule has 2 aromatic rings. The number of nitrogen functional groups attached to an aromatic ring is 1. The fraction of sp³-hybridized carbons (Fsp3) is 0.278. The minimum absolute atomic E-state index is 0.0830. The Kier molecular flexibility index (Phi) is 3.35. The zero-order valence-electron chi connectivity index (χ0n) is 13.0. The van der Waals surface area contributed by atoms with Gasteiger partial charge in [0.25, 0.3) is 0 Å². The van der Waals surface area contributed by atoms with E-state index in [1.807, 2.05) is 30.3 Å². The smallest absolute Gasteiger partial charge is 0.228 e. The van der Waals surface area contributed by atoms with E-state index in [0.29, 0.717) is 23.2 Å². The molecule has 3 atom stereocenters. The van der Waals surface area contributed by atoms with Gasteiger partial charge in [-0.1, -0.05) is 12.2 Å². The number of amides is 1. The molecule has 6 heteroatoms. The molecule has 1 amide bonds. The molecule has 4 rings (SSSR count). The summed E-state index contributed by atoms with van der Waals surface area (Å²) in [7, 11) is 0. The quantitative estimate of drug-likeness (QED) is 0.849. The number of nitrogens with one attached hydrogen (secondary N) is 1. The van der Waals surface area contributed by atoms with Gasteiger partial charge >= 0.3 is 0 Å². The van der Waals surface area contributed by atoms with Crippen molar-refractivity contribution in [2.45, 2.75) is 12.8 Å². The van der Waals surface area contributed by atoms with Crippen LogP contribution in [0.4, 0.5) is 11.5 Å². The number of nitriles is 1. The third-order valence-corrected chi connectivity index (χ3v) is 4.92. The average molecular weight is 319 g/mol. The highest BCUT2D eigenvalue weighted by atomic mass is 16.1. The van der Waals surface area contributed by atoms with Gasteiger partial charge in [-0.05, 0) is 48.9 Å². The molecule has 24 heavy (non-hydrogen) atoms. The van der Waals surface area contributed by atoms with Crippen LogP contribution in [0, 0.1) is 29.1 Å². The van der Waals surface area contributed by atoms with E-state index >= 15 is 0 Å². The molecule has 0 spiro atoms. The van der Waals surface area contributed by atoms with Crippen molar-refractivity contribution in [3.63, 3.8) is 0 Å². The molecule has 1 heterocycles. The fourth-order valence-electron chi connectivity index (χ4n) is 3.65. The number of aromatic nitrogens is 2. The second-order valence-corrected chi connectivity index (χ2v) is 6.39. The van der Waals surface area contributed by atoms with Crippen LogP contribution in [0.5, 0.6) is 0 Å². The standard InChI is InChI=1S/C18H17N5O/c19-9-13-10-21-23(17(13)20)15-5-3-14(4-6-15)22-18(24)16-8-11-1-2-12(16)7-11/h1-6,10-12,16H,7-8,20H2,(H,22,24). The second kappa shape index (κ2) is 5.53. The predicted octanol–water partition coefficient (Wildman–Crippen LogP) is 2.48. The zero-order valence-corrected chi connectivity index (χ0v) is 13.0. The SMILES string of the molecule is N#Cc1cnn(-c2ccc(NC(=O)C3CC4C=CC3C4)cc2)c1N. The summed E-state index contributed by atoms with van der Waals surface area (Å²) in [5, 5.41) is 16.0. The number of hydrogen-bond acceptors (Lipinski definition) is 4. The highest BCUT2D eigenvalue weighted by Gasteiger charge is 2.39. The maximum absolute atomic E-state index is 12.4. The minimum atomic E-state index is 0.0830. The highest BCUT2D eigenvalue weighted by Crippen LogP contribution is 2.43. The zero-order chi connectivity index (χ0) is 16.7. The Morgan fingerprint density at radius 1 is 1.29 bits per heavy atom. The lowest BCUT2D eigenvalue weighted by Gasteiger charge is -2.17. The number of allylic oxidation sites excluding steroid dienone is 2. The Bertz CT molecular complexity index is 859. The molecule has 1 aromatic heterocycles. The molecular weight excluding hydrogens is 302 g/mol. The van der Waals surface area contributed by atoms with Gasteiger partial charge in [-0.3, -0.25) is 4.79 Å². The van der Waals surface area contributed by atoms with Crippen molar-refractivity contribution in [2.24, 2.45) is 17.8 Å². The third-order valence-electron chi connectivity index (χ3n) is 4.92. The van der Waals surface area contributed by atoms with Crippen LogP contribution >= 0.6 is 0 Å². The van der Waals surface area contributed by atoms with Gasteiger partial charge in [0.1, 0.15) is 17.5 Å². The van der Waals surface area contributed by atoms with Crippen molar-refractivity contribution < 1.29 is 4.79 Å². The van der Waals surface area contributed by atoms with E-state index < -0.39 is 0 Å². The summed E-state index contributed by atoms with van der Waals surface area (Å²) in [5.41, 5.74) is 7.72. The minimum Gasteiger partial charge on any atom is -0.382 e. The number of benzene rings is 1. The van der Waals surface area contributed by atoms with Crippen LogP contribution in [-0.2, 0) is 4.79 Å². The van der Waals surface area contributed by atoms with Crippen molar-refractivity contribution >= 4 is 17.4 Å². The summed E-state index contributed by atoms with van der Waals surface area (Å²) in [6, 6.07) is 9.28. The van der Waals surface area contributed by atoms with Crippen molar-refractivity contribution in [3.05, 3.63) is 48.2 Å². The second-order valence-electron chi connectivity index (χ2n) is 6.39. The molecule has 2 aliphatic carbocycles. The normalized spacial score (nSPS) is 24.0. The number of nitrogens with two attached hydrogens (primary N) is 1. The molecule has 0 aliphatic heterocycles. The van der Waals surface area contributed by atoms with Crippen molar-refractivity contribution in [3.8, 4) is 11.8 Å². The van der Waals surface area contributed by atoms with E-state index in [1.165, 1.54) is 10.9 Å². The summed E-state index contributed by atoms with van der Waals surface area (Å²) in [6.07, 6.45) is 7.90. The molecule has 2 aliphatic rings. The highest BCUT2D eigenvalue weighted by molar-refractivity contribution is 5.93. The molecule has 0 saturated heterocycles. The van der Waals surface area contributed by atoms with Crippen LogP contribution < -0.4 is 11.1 Å². The number of hydrogen-bond donors (Lipinski definition) is 2. The number of fused-ring (bicyclic) bond motifs is 2. The molecule has 120 valence electrons. The summed E-state index contributed by atoms with van der Waals surface area (Å²) >= 11 is 0. The van der Waals surface area contributed by atoms with Crippen LogP contribution in [0.3, 0.4) is 0 Å². The number of anilines is 2. The summed E-state index contributed by atoms with van der Waals surface area (Å²) in [5.74, 6) is 1.44. The van der Waals surface area contributed by atoms with Gasteiger partial charge < -0.3 is 11.1 Å². The first-order chi connectivity index (χ1) is 11.7. The van der Waals surface area contributed by atoms with Gasteiger partial charge in [-0.2, -0.15) is 10.4 Å². The van der Waals surface area contributed by atoms with Crippen LogP contribution in [0.2, 0.25) is 0 Å². The van der Waals surface area contributed by atoms with E-state index in [1.54, 1.807) is 0 Å². The number of carbonyl (C=O) groups is 1. The van der Waals surface area contributed by atoms with Crippen LogP contribution in [-0.4, -0.2) is 15.7 Å². The Labute approximate surface area is 139 Å². The monoisotopic (exact) mass is 319 g/mol. The average Bonchev–Trinajstić information content (AvgIpc) is 3.31. The lowest BCUT2D eigenvalue weighted by molar-refractivity contribution is -0.120. The van der Waals surface area contributed by atoms with Gasteiger partial charge in [0, 0.05) is 11.6 Å². The Hall–Kier alpha value is -3.07. The predicted molar refractivity (Wildman–Crippen MR) is 90.2 cm³/mol. The first kappa shape index (κ1) is 14.5. The van der Waals surface area contributed by atoms with Gasteiger partial charge in [0.15, 0.2) is 0 Å². The number of carbonyl (C=O) groups excluding carboxylic acids is 1. The van der Waals surface area contributed by atoms with E-state index in [9.17, 15) is 4.79 Å². The molecule has 2 bridgehead atoms. The maximum atomic E-state index is 12.4. The molecule has 6 nitrogen and oxygen atoms in total. The van der Waals surface area contributed by atoms with E-state index in [0.717, 1.165) is 24.2 Å². The molecule has 3 unspecified atom stereocenters.